The zero-order chi connectivity index (χ0) is 20.8. The van der Waals surface area contributed by atoms with Gasteiger partial charge in [-0.2, -0.15) is 0 Å². The first kappa shape index (κ1) is 22.3. The highest BCUT2D eigenvalue weighted by Crippen LogP contribution is 2.42. The number of ether oxygens (including phenoxy) is 1. The highest BCUT2D eigenvalue weighted by Gasteiger charge is 2.44. The Balaban J connectivity index is 2.33. The number of carboxylic acids is 1. The first-order valence-electron chi connectivity index (χ1n) is 9.96. The fraction of sp³-hybridized carbons (Fsp3) is 0.619. The van der Waals surface area contributed by atoms with Crippen LogP contribution in [-0.4, -0.2) is 50.7 Å². The second kappa shape index (κ2) is 10.0. The van der Waals surface area contributed by atoms with Crippen LogP contribution in [0, 0.1) is 0 Å². The van der Waals surface area contributed by atoms with Gasteiger partial charge in [-0.05, 0) is 25.0 Å². The summed E-state index contributed by atoms with van der Waals surface area (Å²) in [6.07, 6.45) is 2.28. The lowest BCUT2D eigenvalue weighted by Crippen LogP contribution is -2.26. The average Bonchev–Trinajstić information content (AvgIpc) is 2.95. The highest BCUT2D eigenvalue weighted by atomic mass is 16.6. The van der Waals surface area contributed by atoms with Crippen molar-refractivity contribution >= 4 is 11.8 Å². The van der Waals surface area contributed by atoms with Gasteiger partial charge in [-0.25, -0.2) is 4.79 Å². The van der Waals surface area contributed by atoms with Crippen LogP contribution >= 0.6 is 0 Å². The van der Waals surface area contributed by atoms with Crippen molar-refractivity contribution in [2.45, 2.75) is 83.2 Å². The molecule has 0 spiro atoms. The molecule has 0 aliphatic carbocycles. The van der Waals surface area contributed by atoms with E-state index in [1.807, 2.05) is 0 Å². The van der Waals surface area contributed by atoms with E-state index in [1.54, 1.807) is 6.92 Å². The number of aliphatic hydroxyl groups is 2. The molecule has 4 atom stereocenters. The normalized spacial score (nSPS) is 24.4. The molecule has 0 aromatic heterocycles. The monoisotopic (exact) mass is 394 g/mol. The number of aromatic hydroxyl groups is 1. The Hall–Kier alpha value is -1.96. The summed E-state index contributed by atoms with van der Waals surface area (Å²) in [6, 6.07) is 2.60. The van der Waals surface area contributed by atoms with E-state index in [9.17, 15) is 30.0 Å². The van der Waals surface area contributed by atoms with Crippen LogP contribution in [0.2, 0.25) is 0 Å². The number of ketones is 1. The van der Waals surface area contributed by atoms with E-state index in [2.05, 4.69) is 6.92 Å². The van der Waals surface area contributed by atoms with Crippen molar-refractivity contribution in [3.63, 3.8) is 0 Å². The van der Waals surface area contributed by atoms with Gasteiger partial charge in [-0.15, -0.1) is 0 Å². The molecule has 7 nitrogen and oxygen atoms in total. The van der Waals surface area contributed by atoms with Gasteiger partial charge in [0.1, 0.15) is 17.4 Å². The molecule has 1 saturated heterocycles. The zero-order valence-corrected chi connectivity index (χ0v) is 16.4. The van der Waals surface area contributed by atoms with Crippen molar-refractivity contribution in [3.05, 3.63) is 28.8 Å². The number of Topliss-reactive ketones (excluding diaryl/α,β-unsaturated/α-hetero) is 1. The Labute approximate surface area is 165 Å². The van der Waals surface area contributed by atoms with Gasteiger partial charge in [-0.1, -0.05) is 39.5 Å². The first-order valence-corrected chi connectivity index (χ1v) is 9.96. The summed E-state index contributed by atoms with van der Waals surface area (Å²) in [6.45, 7) is 3.90. The van der Waals surface area contributed by atoms with E-state index in [4.69, 9.17) is 4.74 Å². The summed E-state index contributed by atoms with van der Waals surface area (Å²) in [4.78, 5) is 24.2. The van der Waals surface area contributed by atoms with Crippen molar-refractivity contribution in [2.24, 2.45) is 0 Å². The number of carbonyl (C=O) groups excluding carboxylic acids is 1. The van der Waals surface area contributed by atoms with Gasteiger partial charge in [0.05, 0.1) is 6.10 Å². The van der Waals surface area contributed by atoms with Crippen LogP contribution in [0.5, 0.6) is 5.75 Å². The van der Waals surface area contributed by atoms with E-state index in [0.29, 0.717) is 12.8 Å². The average molecular weight is 394 g/mol. The summed E-state index contributed by atoms with van der Waals surface area (Å²) in [7, 11) is 0. The summed E-state index contributed by atoms with van der Waals surface area (Å²) in [5, 5.41) is 40.0. The van der Waals surface area contributed by atoms with Crippen LogP contribution < -0.4 is 0 Å². The molecular weight excluding hydrogens is 364 g/mol. The molecular formula is C21H30O7. The fourth-order valence-corrected chi connectivity index (χ4v) is 3.74. The number of hydrogen-bond acceptors (Lipinski definition) is 6. The lowest BCUT2D eigenvalue weighted by atomic mass is 9.85. The van der Waals surface area contributed by atoms with Crippen LogP contribution in [0.3, 0.4) is 0 Å². The van der Waals surface area contributed by atoms with Crippen molar-refractivity contribution in [1.29, 1.82) is 0 Å². The van der Waals surface area contributed by atoms with Crippen molar-refractivity contribution in [2.75, 3.05) is 0 Å². The lowest BCUT2D eigenvalue weighted by Gasteiger charge is -2.22. The molecule has 1 heterocycles. The van der Waals surface area contributed by atoms with Gasteiger partial charge < -0.3 is 25.2 Å². The molecule has 156 valence electrons. The van der Waals surface area contributed by atoms with Crippen LogP contribution in [0.4, 0.5) is 0 Å². The predicted molar refractivity (Wildman–Crippen MR) is 103 cm³/mol. The van der Waals surface area contributed by atoms with E-state index < -0.39 is 41.7 Å². The third-order valence-electron chi connectivity index (χ3n) is 5.34. The van der Waals surface area contributed by atoms with E-state index in [0.717, 1.165) is 25.7 Å². The Morgan fingerprint density at radius 1 is 1.07 bits per heavy atom. The van der Waals surface area contributed by atoms with Crippen molar-refractivity contribution in [1.82, 2.24) is 0 Å². The number of rotatable bonds is 10. The van der Waals surface area contributed by atoms with Crippen LogP contribution in [0.25, 0.3) is 0 Å². The van der Waals surface area contributed by atoms with Gasteiger partial charge >= 0.3 is 5.97 Å². The molecule has 1 aromatic rings. The molecule has 28 heavy (non-hydrogen) atoms. The SMILES string of the molecule is CCCCCCCC(=O)c1cc(C(=O)O)c(O)c(C2C(CC)OC(O)C2O)c1. The lowest BCUT2D eigenvalue weighted by molar-refractivity contribution is -0.127. The fourth-order valence-electron chi connectivity index (χ4n) is 3.74. The third-order valence-corrected chi connectivity index (χ3v) is 5.34. The number of carbonyl (C=O) groups is 2. The predicted octanol–water partition coefficient (Wildman–Crippen LogP) is 3.21. The van der Waals surface area contributed by atoms with Crippen LogP contribution in [0.15, 0.2) is 12.1 Å². The first-order chi connectivity index (χ1) is 13.3. The number of aliphatic hydroxyl groups excluding tert-OH is 2. The Morgan fingerprint density at radius 3 is 2.36 bits per heavy atom. The standard InChI is InChI=1S/C21H30O7/c1-3-5-6-7-8-9-15(22)12-10-13(18(23)14(11-12)20(25)26)17-16(4-2)28-21(27)19(17)24/h10-11,16-17,19,21,23-24,27H,3-9H2,1-2H3,(H,25,26). The molecule has 0 bridgehead atoms. The second-order valence-electron chi connectivity index (χ2n) is 7.34. The molecule has 1 aliphatic heterocycles. The molecule has 1 aromatic carbocycles. The van der Waals surface area contributed by atoms with E-state index in [1.165, 1.54) is 12.1 Å². The summed E-state index contributed by atoms with van der Waals surface area (Å²) in [5.41, 5.74) is -0.0930. The van der Waals surface area contributed by atoms with E-state index >= 15 is 0 Å². The molecule has 4 unspecified atom stereocenters. The maximum absolute atomic E-state index is 12.6. The Morgan fingerprint density at radius 2 is 1.75 bits per heavy atom. The molecule has 4 N–H and O–H groups in total. The molecule has 1 aliphatic rings. The van der Waals surface area contributed by atoms with Gasteiger partial charge in [0, 0.05) is 23.5 Å². The largest absolute Gasteiger partial charge is 0.507 e. The maximum Gasteiger partial charge on any atom is 0.339 e. The van der Waals surface area contributed by atoms with Gasteiger partial charge in [0.15, 0.2) is 12.1 Å². The van der Waals surface area contributed by atoms with Crippen molar-refractivity contribution in [3.8, 4) is 5.75 Å². The molecule has 0 saturated carbocycles. The van der Waals surface area contributed by atoms with Gasteiger partial charge in [-0.3, -0.25) is 4.79 Å². The molecule has 2 rings (SSSR count). The Kier molecular flexibility index (Phi) is 7.98. The topological polar surface area (TPSA) is 124 Å². The number of hydrogen-bond donors (Lipinski definition) is 4. The zero-order valence-electron chi connectivity index (χ0n) is 16.4. The van der Waals surface area contributed by atoms with Gasteiger partial charge in [0.25, 0.3) is 0 Å². The van der Waals surface area contributed by atoms with Crippen molar-refractivity contribution < 1.29 is 34.8 Å². The second-order valence-corrected chi connectivity index (χ2v) is 7.34. The minimum Gasteiger partial charge on any atom is -0.507 e. The minimum atomic E-state index is -1.43. The summed E-state index contributed by atoms with van der Waals surface area (Å²) < 4.78 is 5.31. The van der Waals surface area contributed by atoms with E-state index in [-0.39, 0.29) is 23.3 Å². The molecule has 7 heteroatoms. The maximum atomic E-state index is 12.6. The number of benzene rings is 1. The number of aromatic carboxylic acids is 1. The quantitative estimate of drug-likeness (QED) is 0.355. The minimum absolute atomic E-state index is 0.116. The molecule has 0 radical (unpaired) electrons. The number of phenols is 1. The number of carboxylic acid groups (broad SMARTS) is 1. The van der Waals surface area contributed by atoms with Gasteiger partial charge in [0.2, 0.25) is 0 Å². The number of unbranched alkanes of at least 4 members (excludes halogenated alkanes) is 4. The molecule has 0 amide bonds. The Bertz CT molecular complexity index is 700. The molecule has 1 fully saturated rings. The smallest absolute Gasteiger partial charge is 0.339 e. The summed E-state index contributed by atoms with van der Waals surface area (Å²) >= 11 is 0. The summed E-state index contributed by atoms with van der Waals surface area (Å²) in [5.74, 6) is -2.90. The highest BCUT2D eigenvalue weighted by molar-refractivity contribution is 6.00. The third kappa shape index (κ3) is 4.90. The van der Waals surface area contributed by atoms with Crippen LogP contribution in [-0.2, 0) is 4.74 Å². The van der Waals surface area contributed by atoms with Crippen LogP contribution in [0.1, 0.15) is 91.0 Å².